The average molecular weight is 385 g/mol. The molecule has 0 aromatic heterocycles. The molecule has 0 saturated carbocycles. The molecule has 8 heteroatoms. The molecule has 1 aromatic carbocycles. The molecule has 0 bridgehead atoms. The van der Waals surface area contributed by atoms with Gasteiger partial charge in [0, 0.05) is 6.54 Å². The van der Waals surface area contributed by atoms with Gasteiger partial charge in [0.2, 0.25) is 0 Å². The molecule has 0 unspecified atom stereocenters. The molecule has 7 nitrogen and oxygen atoms in total. The van der Waals surface area contributed by atoms with Gasteiger partial charge in [-0.05, 0) is 58.7 Å². The van der Waals surface area contributed by atoms with E-state index in [2.05, 4.69) is 5.32 Å². The SMILES string of the molecule is CCOP(OCC)Oc1ccc(CCNC(=O)OC(C)(C)C)cc1C=O. The van der Waals surface area contributed by atoms with E-state index in [1.54, 1.807) is 32.9 Å². The highest BCUT2D eigenvalue weighted by Crippen LogP contribution is 2.41. The quantitative estimate of drug-likeness (QED) is 0.479. The molecule has 0 spiro atoms. The van der Waals surface area contributed by atoms with Gasteiger partial charge in [0.1, 0.15) is 11.4 Å². The lowest BCUT2D eigenvalue weighted by molar-refractivity contribution is 0.0528. The van der Waals surface area contributed by atoms with Gasteiger partial charge in [0.15, 0.2) is 6.29 Å². The van der Waals surface area contributed by atoms with Crippen LogP contribution in [0.15, 0.2) is 18.2 Å². The lowest BCUT2D eigenvalue weighted by atomic mass is 10.1. The van der Waals surface area contributed by atoms with Crippen molar-refractivity contribution in [3.05, 3.63) is 29.3 Å². The molecule has 1 aromatic rings. The Labute approximate surface area is 156 Å². The Kier molecular flexibility index (Phi) is 9.55. The molecule has 0 aliphatic carbocycles. The normalized spacial score (nSPS) is 11.3. The summed E-state index contributed by atoms with van der Waals surface area (Å²) < 4.78 is 21.6. The van der Waals surface area contributed by atoms with Crippen LogP contribution in [0.25, 0.3) is 0 Å². The Morgan fingerprint density at radius 3 is 2.38 bits per heavy atom. The number of carbonyl (C=O) groups is 2. The van der Waals surface area contributed by atoms with Gasteiger partial charge in [-0.2, -0.15) is 0 Å². The maximum absolute atomic E-state index is 11.6. The van der Waals surface area contributed by atoms with Crippen molar-refractivity contribution in [1.82, 2.24) is 5.32 Å². The summed E-state index contributed by atoms with van der Waals surface area (Å²) >= 11 is 0. The zero-order valence-corrected chi connectivity index (χ0v) is 16.9. The predicted octanol–water partition coefficient (Wildman–Crippen LogP) is 4.25. The molecule has 0 heterocycles. The Morgan fingerprint density at radius 2 is 1.85 bits per heavy atom. The second kappa shape index (κ2) is 11.1. The Morgan fingerprint density at radius 1 is 1.19 bits per heavy atom. The van der Waals surface area contributed by atoms with Gasteiger partial charge in [-0.3, -0.25) is 4.79 Å². The van der Waals surface area contributed by atoms with Crippen molar-refractivity contribution in [2.45, 2.75) is 46.6 Å². The van der Waals surface area contributed by atoms with Crippen molar-refractivity contribution in [3.63, 3.8) is 0 Å². The molecule has 0 saturated heterocycles. The van der Waals surface area contributed by atoms with E-state index in [4.69, 9.17) is 18.3 Å². The first kappa shape index (κ1) is 22.4. The number of amides is 1. The Bertz CT molecular complexity index is 582. The van der Waals surface area contributed by atoms with Gasteiger partial charge in [-0.15, -0.1) is 0 Å². The van der Waals surface area contributed by atoms with Crippen LogP contribution in [-0.4, -0.2) is 37.7 Å². The van der Waals surface area contributed by atoms with E-state index in [1.807, 2.05) is 19.9 Å². The van der Waals surface area contributed by atoms with Crippen LogP contribution < -0.4 is 9.84 Å². The third kappa shape index (κ3) is 8.61. The fraction of sp³-hybridized carbons (Fsp3) is 0.556. The van der Waals surface area contributed by atoms with Gasteiger partial charge >= 0.3 is 14.7 Å². The Balaban J connectivity index is 2.64. The van der Waals surface area contributed by atoms with E-state index in [9.17, 15) is 9.59 Å². The highest BCUT2D eigenvalue weighted by molar-refractivity contribution is 7.42. The molecule has 146 valence electrons. The van der Waals surface area contributed by atoms with Crippen molar-refractivity contribution in [1.29, 1.82) is 0 Å². The molecular weight excluding hydrogens is 357 g/mol. The average Bonchev–Trinajstić information content (AvgIpc) is 2.54. The highest BCUT2D eigenvalue weighted by Gasteiger charge is 2.17. The fourth-order valence-corrected chi connectivity index (χ4v) is 2.86. The van der Waals surface area contributed by atoms with Crippen molar-refractivity contribution in [3.8, 4) is 5.75 Å². The number of rotatable bonds is 10. The number of hydrogen-bond acceptors (Lipinski definition) is 6. The molecule has 1 N–H and O–H groups in total. The van der Waals surface area contributed by atoms with E-state index in [0.717, 1.165) is 11.8 Å². The highest BCUT2D eigenvalue weighted by atomic mass is 31.2. The summed E-state index contributed by atoms with van der Waals surface area (Å²) in [7, 11) is -1.53. The van der Waals surface area contributed by atoms with Crippen LogP contribution in [0.3, 0.4) is 0 Å². The molecule has 1 amide bonds. The monoisotopic (exact) mass is 385 g/mol. The van der Waals surface area contributed by atoms with Crippen LogP contribution in [0.4, 0.5) is 4.79 Å². The number of aldehydes is 1. The molecule has 1 rings (SSSR count). The number of carbonyl (C=O) groups excluding carboxylic acids is 2. The van der Waals surface area contributed by atoms with E-state index in [0.29, 0.717) is 37.5 Å². The topological polar surface area (TPSA) is 83.1 Å². The summed E-state index contributed by atoms with van der Waals surface area (Å²) in [6, 6.07) is 5.27. The molecule has 0 atom stereocenters. The largest absolute Gasteiger partial charge is 0.444 e. The summed E-state index contributed by atoms with van der Waals surface area (Å²) in [6.07, 6.45) is 0.824. The van der Waals surface area contributed by atoms with Crippen molar-refractivity contribution < 1.29 is 27.9 Å². The third-order valence-electron chi connectivity index (χ3n) is 2.92. The molecule has 0 aliphatic rings. The van der Waals surface area contributed by atoms with Crippen molar-refractivity contribution in [2.75, 3.05) is 19.8 Å². The third-order valence-corrected chi connectivity index (χ3v) is 4.21. The van der Waals surface area contributed by atoms with E-state index >= 15 is 0 Å². The molecule has 0 fully saturated rings. The van der Waals surface area contributed by atoms with E-state index in [1.165, 1.54) is 0 Å². The number of ether oxygens (including phenoxy) is 1. The number of benzene rings is 1. The van der Waals surface area contributed by atoms with Crippen LogP contribution in [0.5, 0.6) is 5.75 Å². The lowest BCUT2D eigenvalue weighted by Crippen LogP contribution is -2.33. The van der Waals surface area contributed by atoms with E-state index in [-0.39, 0.29) is 0 Å². The van der Waals surface area contributed by atoms with Crippen LogP contribution >= 0.6 is 8.60 Å². The minimum Gasteiger partial charge on any atom is -0.444 e. The van der Waals surface area contributed by atoms with Crippen LogP contribution in [-0.2, 0) is 20.2 Å². The van der Waals surface area contributed by atoms with E-state index < -0.39 is 20.3 Å². The minimum atomic E-state index is -1.53. The fourth-order valence-electron chi connectivity index (χ4n) is 1.93. The first-order valence-corrected chi connectivity index (χ1v) is 9.67. The lowest BCUT2D eigenvalue weighted by Gasteiger charge is -2.19. The smallest absolute Gasteiger partial charge is 0.407 e. The van der Waals surface area contributed by atoms with Crippen molar-refractivity contribution >= 4 is 21.0 Å². The number of nitrogens with one attached hydrogen (secondary N) is 1. The summed E-state index contributed by atoms with van der Waals surface area (Å²) in [5.74, 6) is 0.414. The van der Waals surface area contributed by atoms with Crippen LogP contribution in [0.1, 0.15) is 50.5 Å². The molecular formula is C18H28NO6P. The zero-order valence-electron chi connectivity index (χ0n) is 16.0. The first-order valence-electron chi connectivity index (χ1n) is 8.58. The summed E-state index contributed by atoms with van der Waals surface area (Å²) in [5.41, 5.74) is 0.770. The summed E-state index contributed by atoms with van der Waals surface area (Å²) in [6.45, 7) is 10.4. The number of hydrogen-bond donors (Lipinski definition) is 1. The Hall–Kier alpha value is -1.69. The van der Waals surface area contributed by atoms with Gasteiger partial charge in [0.25, 0.3) is 0 Å². The second-order valence-corrected chi connectivity index (χ2v) is 7.47. The van der Waals surface area contributed by atoms with Gasteiger partial charge in [-0.25, -0.2) is 4.79 Å². The van der Waals surface area contributed by atoms with Crippen molar-refractivity contribution in [2.24, 2.45) is 0 Å². The predicted molar refractivity (Wildman–Crippen MR) is 101 cm³/mol. The zero-order chi connectivity index (χ0) is 19.6. The maximum Gasteiger partial charge on any atom is 0.407 e. The standard InChI is InChI=1S/C18H28NO6P/c1-6-22-26(23-7-2)25-16-9-8-14(12-15(16)13-20)10-11-19-17(21)24-18(3,4)5/h8-9,12-13H,6-7,10-11H2,1-5H3,(H,19,21). The van der Waals surface area contributed by atoms with Gasteiger partial charge < -0.3 is 23.6 Å². The second-order valence-electron chi connectivity index (χ2n) is 6.32. The van der Waals surface area contributed by atoms with Crippen LogP contribution in [0.2, 0.25) is 0 Å². The van der Waals surface area contributed by atoms with Crippen LogP contribution in [0, 0.1) is 0 Å². The number of alkyl carbamates (subject to hydrolysis) is 1. The summed E-state index contributed by atoms with van der Waals surface area (Å²) in [5, 5.41) is 2.69. The molecule has 0 radical (unpaired) electrons. The maximum atomic E-state index is 11.6. The molecule has 26 heavy (non-hydrogen) atoms. The van der Waals surface area contributed by atoms with Gasteiger partial charge in [0.05, 0.1) is 18.8 Å². The van der Waals surface area contributed by atoms with Gasteiger partial charge in [-0.1, -0.05) is 6.07 Å². The minimum absolute atomic E-state index is 0.401. The molecule has 0 aliphatic heterocycles. The first-order chi connectivity index (χ1) is 12.3. The summed E-state index contributed by atoms with van der Waals surface area (Å²) in [4.78, 5) is 23.0.